The van der Waals surface area contributed by atoms with Gasteiger partial charge in [-0.25, -0.2) is 4.79 Å². The smallest absolute Gasteiger partial charge is 0.328 e. The normalized spacial score (nSPS) is 10.6. The van der Waals surface area contributed by atoms with Crippen LogP contribution in [0.2, 0.25) is 0 Å². The molecule has 0 atom stereocenters. The van der Waals surface area contributed by atoms with E-state index in [9.17, 15) is 14.9 Å². The van der Waals surface area contributed by atoms with E-state index in [0.29, 0.717) is 27.1 Å². The number of nitro groups is 1. The van der Waals surface area contributed by atoms with Crippen molar-refractivity contribution >= 4 is 33.7 Å². The third kappa shape index (κ3) is 5.05. The van der Waals surface area contributed by atoms with Gasteiger partial charge in [-0.2, -0.15) is 0 Å². The van der Waals surface area contributed by atoms with Gasteiger partial charge in [-0.1, -0.05) is 12.1 Å². The molecule has 7 nitrogen and oxygen atoms in total. The maximum Gasteiger partial charge on any atom is 0.328 e. The van der Waals surface area contributed by atoms with Gasteiger partial charge in [0.15, 0.2) is 11.5 Å². The van der Waals surface area contributed by atoms with Crippen molar-refractivity contribution in [3.05, 3.63) is 68.2 Å². The first kappa shape index (κ1) is 18.5. The largest absolute Gasteiger partial charge is 0.493 e. The van der Waals surface area contributed by atoms with E-state index in [1.54, 1.807) is 24.3 Å². The Kier molecular flexibility index (Phi) is 6.13. The molecule has 0 unspecified atom stereocenters. The number of nitrogens with zero attached hydrogens (tertiary/aromatic N) is 1. The Morgan fingerprint density at radius 1 is 1.36 bits per heavy atom. The molecule has 0 amide bonds. The van der Waals surface area contributed by atoms with Crippen LogP contribution in [0.5, 0.6) is 11.5 Å². The molecule has 0 saturated heterocycles. The molecule has 2 aromatic rings. The molecule has 0 aliphatic rings. The number of hydrogen-bond acceptors (Lipinski definition) is 5. The first-order valence-electron chi connectivity index (χ1n) is 7.05. The molecule has 0 aliphatic heterocycles. The van der Waals surface area contributed by atoms with Crippen molar-refractivity contribution in [2.24, 2.45) is 0 Å². The minimum atomic E-state index is -1.05. The van der Waals surface area contributed by atoms with Crippen LogP contribution < -0.4 is 9.47 Å². The maximum absolute atomic E-state index is 10.8. The number of benzene rings is 2. The topological polar surface area (TPSA) is 98.9 Å². The summed E-state index contributed by atoms with van der Waals surface area (Å²) in [4.78, 5) is 21.0. The number of carboxylic acids is 1. The van der Waals surface area contributed by atoms with Gasteiger partial charge in [0.05, 0.1) is 16.5 Å². The fourth-order valence-electron chi connectivity index (χ4n) is 2.06. The Labute approximate surface area is 151 Å². The second kappa shape index (κ2) is 8.29. The molecule has 8 heteroatoms. The van der Waals surface area contributed by atoms with Gasteiger partial charge < -0.3 is 14.6 Å². The van der Waals surface area contributed by atoms with E-state index in [2.05, 4.69) is 15.9 Å². The Balaban J connectivity index is 2.23. The zero-order chi connectivity index (χ0) is 18.4. The number of aliphatic carboxylic acids is 1. The van der Waals surface area contributed by atoms with Gasteiger partial charge in [-0.05, 0) is 45.3 Å². The molecule has 0 bridgehead atoms. The summed E-state index contributed by atoms with van der Waals surface area (Å²) in [6.07, 6.45) is 2.45. The second-order valence-electron chi connectivity index (χ2n) is 4.92. The fraction of sp³-hybridized carbons (Fsp3) is 0.118. The molecule has 0 heterocycles. The number of carboxylic acid groups (broad SMARTS) is 1. The number of hydrogen-bond donors (Lipinski definition) is 1. The fourth-order valence-corrected chi connectivity index (χ4v) is 2.63. The summed E-state index contributed by atoms with van der Waals surface area (Å²) in [5, 5.41) is 19.5. The first-order valence-corrected chi connectivity index (χ1v) is 7.84. The molecule has 0 fully saturated rings. The highest BCUT2D eigenvalue weighted by Crippen LogP contribution is 2.37. The zero-order valence-electron chi connectivity index (χ0n) is 13.1. The lowest BCUT2D eigenvalue weighted by Gasteiger charge is -2.13. The molecular weight excluding hydrogens is 394 g/mol. The Morgan fingerprint density at radius 2 is 2.12 bits per heavy atom. The second-order valence-corrected chi connectivity index (χ2v) is 5.78. The lowest BCUT2D eigenvalue weighted by atomic mass is 10.2. The summed E-state index contributed by atoms with van der Waals surface area (Å²) >= 11 is 3.36. The molecule has 2 aromatic carbocycles. The van der Waals surface area contributed by atoms with Crippen LogP contribution in [0.25, 0.3) is 6.08 Å². The van der Waals surface area contributed by atoms with Crippen LogP contribution in [-0.4, -0.2) is 23.1 Å². The van der Waals surface area contributed by atoms with Crippen molar-refractivity contribution in [3.8, 4) is 11.5 Å². The summed E-state index contributed by atoms with van der Waals surface area (Å²) in [5.41, 5.74) is 1.24. The molecule has 0 spiro atoms. The summed E-state index contributed by atoms with van der Waals surface area (Å²) in [5.74, 6) is -0.229. The number of rotatable bonds is 7. The van der Waals surface area contributed by atoms with Crippen LogP contribution >= 0.6 is 15.9 Å². The van der Waals surface area contributed by atoms with E-state index in [4.69, 9.17) is 14.6 Å². The summed E-state index contributed by atoms with van der Waals surface area (Å²) < 4.78 is 11.6. The van der Waals surface area contributed by atoms with Crippen LogP contribution in [-0.2, 0) is 11.4 Å². The van der Waals surface area contributed by atoms with Gasteiger partial charge in [-0.3, -0.25) is 10.1 Å². The molecular formula is C17H14BrNO6. The number of non-ortho nitro benzene ring substituents is 1. The standard InChI is InChI=1S/C17H14BrNO6/c1-24-15-9-11(5-6-16(20)21)8-14(18)17(15)25-10-12-3-2-4-13(7-12)19(22)23/h2-9H,10H2,1H3,(H,20,21). The number of halogens is 1. The first-order chi connectivity index (χ1) is 11.9. The predicted octanol–water partition coefficient (Wildman–Crippen LogP) is 4.04. The zero-order valence-corrected chi connectivity index (χ0v) is 14.7. The van der Waals surface area contributed by atoms with E-state index in [1.807, 2.05) is 0 Å². The molecule has 0 aromatic heterocycles. The lowest BCUT2D eigenvalue weighted by molar-refractivity contribution is -0.384. The summed E-state index contributed by atoms with van der Waals surface area (Å²) in [6, 6.07) is 9.46. The van der Waals surface area contributed by atoms with E-state index in [1.165, 1.54) is 25.3 Å². The van der Waals surface area contributed by atoms with Crippen molar-refractivity contribution < 1.29 is 24.3 Å². The average Bonchev–Trinajstić information content (AvgIpc) is 2.58. The average molecular weight is 408 g/mol. The minimum absolute atomic E-state index is 0.0127. The summed E-state index contributed by atoms with van der Waals surface area (Å²) in [6.45, 7) is 0.112. The molecule has 0 radical (unpaired) electrons. The molecule has 0 aliphatic carbocycles. The van der Waals surface area contributed by atoms with Crippen LogP contribution in [0.15, 0.2) is 46.9 Å². The Morgan fingerprint density at radius 3 is 2.76 bits per heavy atom. The van der Waals surface area contributed by atoms with Crippen molar-refractivity contribution in [2.45, 2.75) is 6.61 Å². The van der Waals surface area contributed by atoms with Gasteiger partial charge in [-0.15, -0.1) is 0 Å². The maximum atomic E-state index is 10.8. The molecule has 130 valence electrons. The van der Waals surface area contributed by atoms with E-state index >= 15 is 0 Å². The minimum Gasteiger partial charge on any atom is -0.493 e. The molecule has 2 rings (SSSR count). The number of nitro benzene ring substituents is 1. The van der Waals surface area contributed by atoms with Crippen molar-refractivity contribution in [2.75, 3.05) is 7.11 Å². The van der Waals surface area contributed by atoms with Crippen LogP contribution in [0, 0.1) is 10.1 Å². The van der Waals surface area contributed by atoms with Crippen molar-refractivity contribution in [3.63, 3.8) is 0 Å². The highest BCUT2D eigenvalue weighted by atomic mass is 79.9. The molecule has 25 heavy (non-hydrogen) atoms. The predicted molar refractivity (Wildman–Crippen MR) is 94.8 cm³/mol. The van der Waals surface area contributed by atoms with Crippen LogP contribution in [0.1, 0.15) is 11.1 Å². The quantitative estimate of drug-likeness (QED) is 0.422. The van der Waals surface area contributed by atoms with E-state index in [0.717, 1.165) is 6.08 Å². The monoisotopic (exact) mass is 407 g/mol. The Hall–Kier alpha value is -2.87. The molecule has 0 saturated carbocycles. The van der Waals surface area contributed by atoms with Gasteiger partial charge in [0.25, 0.3) is 5.69 Å². The third-order valence-corrected chi connectivity index (χ3v) is 3.76. The lowest BCUT2D eigenvalue weighted by Crippen LogP contribution is -2.00. The summed E-state index contributed by atoms with van der Waals surface area (Å²) in [7, 11) is 1.46. The SMILES string of the molecule is COc1cc(C=CC(=O)O)cc(Br)c1OCc1cccc([N+](=O)[O-])c1. The number of ether oxygens (including phenoxy) is 2. The van der Waals surface area contributed by atoms with Crippen LogP contribution in [0.4, 0.5) is 5.69 Å². The van der Waals surface area contributed by atoms with E-state index in [-0.39, 0.29) is 12.3 Å². The van der Waals surface area contributed by atoms with Crippen LogP contribution in [0.3, 0.4) is 0 Å². The highest BCUT2D eigenvalue weighted by Gasteiger charge is 2.12. The van der Waals surface area contributed by atoms with Gasteiger partial charge in [0.2, 0.25) is 0 Å². The van der Waals surface area contributed by atoms with Gasteiger partial charge in [0.1, 0.15) is 6.61 Å². The number of methoxy groups -OCH3 is 1. The van der Waals surface area contributed by atoms with E-state index < -0.39 is 10.9 Å². The van der Waals surface area contributed by atoms with Gasteiger partial charge in [0, 0.05) is 18.2 Å². The number of carbonyl (C=O) groups is 1. The Bertz CT molecular complexity index is 834. The highest BCUT2D eigenvalue weighted by molar-refractivity contribution is 9.10. The third-order valence-electron chi connectivity index (χ3n) is 3.17. The van der Waals surface area contributed by atoms with Gasteiger partial charge >= 0.3 is 5.97 Å². The molecule has 1 N–H and O–H groups in total. The van der Waals surface area contributed by atoms with Crippen molar-refractivity contribution in [1.29, 1.82) is 0 Å². The van der Waals surface area contributed by atoms with Crippen molar-refractivity contribution in [1.82, 2.24) is 0 Å².